The summed E-state index contributed by atoms with van der Waals surface area (Å²) in [5.74, 6) is -0.501. The quantitative estimate of drug-likeness (QED) is 0.922. The van der Waals surface area contributed by atoms with Crippen LogP contribution in [0.25, 0.3) is 0 Å². The predicted octanol–water partition coefficient (Wildman–Crippen LogP) is 3.07. The van der Waals surface area contributed by atoms with Crippen molar-refractivity contribution >= 4 is 11.6 Å². The molecule has 1 heterocycles. The molecule has 112 valence electrons. The number of hydrogen-bond acceptors (Lipinski definition) is 3. The Labute approximate surface area is 120 Å². The van der Waals surface area contributed by atoms with Crippen LogP contribution in [0.15, 0.2) is 30.6 Å². The van der Waals surface area contributed by atoms with Gasteiger partial charge in [0.25, 0.3) is 5.91 Å². The molecule has 0 aliphatic carbocycles. The molecule has 0 spiro atoms. The second kappa shape index (κ2) is 6.34. The topological polar surface area (TPSA) is 56.2 Å². The van der Waals surface area contributed by atoms with Crippen LogP contribution < -0.4 is 10.1 Å². The lowest BCUT2D eigenvalue weighted by molar-refractivity contribution is -0.0494. The summed E-state index contributed by atoms with van der Waals surface area (Å²) in [6.07, 6.45) is 3.00. The number of carbonyl (C=O) groups is 1. The van der Waals surface area contributed by atoms with Crippen molar-refractivity contribution in [2.75, 3.05) is 5.32 Å². The predicted molar refractivity (Wildman–Crippen MR) is 73.7 cm³/mol. The van der Waals surface area contributed by atoms with Gasteiger partial charge in [0.2, 0.25) is 0 Å². The third kappa shape index (κ3) is 3.77. The summed E-state index contributed by atoms with van der Waals surface area (Å²) in [5.41, 5.74) is 1.29. The van der Waals surface area contributed by atoms with Crippen LogP contribution in [-0.4, -0.2) is 22.3 Å². The molecule has 0 aliphatic heterocycles. The Morgan fingerprint density at radius 3 is 2.86 bits per heavy atom. The SMILES string of the molecule is CCn1cc(C(=O)Nc2ccc(C)cc2OC(F)F)cn1. The lowest BCUT2D eigenvalue weighted by Gasteiger charge is -2.12. The van der Waals surface area contributed by atoms with E-state index in [0.717, 1.165) is 5.56 Å². The molecule has 5 nitrogen and oxygen atoms in total. The molecule has 0 bridgehead atoms. The average molecular weight is 295 g/mol. The Balaban J connectivity index is 2.20. The highest BCUT2D eigenvalue weighted by molar-refractivity contribution is 6.04. The van der Waals surface area contributed by atoms with Gasteiger partial charge in [-0.25, -0.2) is 0 Å². The molecule has 1 aromatic heterocycles. The summed E-state index contributed by atoms with van der Waals surface area (Å²) in [6, 6.07) is 4.66. The molecule has 0 fully saturated rings. The lowest BCUT2D eigenvalue weighted by atomic mass is 10.2. The maximum absolute atomic E-state index is 12.4. The summed E-state index contributed by atoms with van der Waals surface area (Å²) in [5, 5.41) is 6.53. The first-order chi connectivity index (χ1) is 9.99. The molecular formula is C14H15F2N3O2. The molecule has 0 saturated carbocycles. The van der Waals surface area contributed by atoms with Gasteiger partial charge in [0.15, 0.2) is 0 Å². The fourth-order valence-electron chi connectivity index (χ4n) is 1.77. The summed E-state index contributed by atoms with van der Waals surface area (Å²) in [7, 11) is 0. The van der Waals surface area contributed by atoms with Crippen LogP contribution >= 0.6 is 0 Å². The van der Waals surface area contributed by atoms with Crippen LogP contribution in [-0.2, 0) is 6.54 Å². The number of ether oxygens (including phenoxy) is 1. The van der Waals surface area contributed by atoms with Gasteiger partial charge in [-0.2, -0.15) is 13.9 Å². The monoisotopic (exact) mass is 295 g/mol. The molecular weight excluding hydrogens is 280 g/mol. The molecule has 1 aromatic carbocycles. The minimum Gasteiger partial charge on any atom is -0.433 e. The van der Waals surface area contributed by atoms with E-state index < -0.39 is 12.5 Å². The Morgan fingerprint density at radius 1 is 1.48 bits per heavy atom. The van der Waals surface area contributed by atoms with Gasteiger partial charge < -0.3 is 10.1 Å². The number of aryl methyl sites for hydroxylation is 2. The van der Waals surface area contributed by atoms with Crippen LogP contribution in [0.5, 0.6) is 5.75 Å². The van der Waals surface area contributed by atoms with Gasteiger partial charge in [-0.3, -0.25) is 9.48 Å². The van der Waals surface area contributed by atoms with Crippen molar-refractivity contribution in [1.29, 1.82) is 0 Å². The number of alkyl halides is 2. The number of hydrogen-bond donors (Lipinski definition) is 1. The molecule has 0 radical (unpaired) electrons. The van der Waals surface area contributed by atoms with Gasteiger partial charge in [0.1, 0.15) is 5.75 Å². The molecule has 1 amide bonds. The van der Waals surface area contributed by atoms with E-state index in [0.29, 0.717) is 12.1 Å². The number of nitrogens with zero attached hydrogens (tertiary/aromatic N) is 2. The van der Waals surface area contributed by atoms with Gasteiger partial charge in [-0.05, 0) is 31.5 Å². The third-order valence-corrected chi connectivity index (χ3v) is 2.82. The van der Waals surface area contributed by atoms with E-state index in [4.69, 9.17) is 0 Å². The van der Waals surface area contributed by atoms with Gasteiger partial charge in [-0.1, -0.05) is 6.07 Å². The van der Waals surface area contributed by atoms with Crippen molar-refractivity contribution in [2.45, 2.75) is 27.0 Å². The van der Waals surface area contributed by atoms with Gasteiger partial charge in [-0.15, -0.1) is 0 Å². The molecule has 2 aromatic rings. The van der Waals surface area contributed by atoms with Crippen molar-refractivity contribution in [3.8, 4) is 5.75 Å². The van der Waals surface area contributed by atoms with E-state index in [1.165, 1.54) is 18.3 Å². The number of halogens is 2. The molecule has 0 saturated heterocycles. The fraction of sp³-hybridized carbons (Fsp3) is 0.286. The Bertz CT molecular complexity index is 641. The van der Waals surface area contributed by atoms with Crippen molar-refractivity contribution in [2.24, 2.45) is 0 Å². The maximum Gasteiger partial charge on any atom is 0.387 e. The first kappa shape index (κ1) is 15.0. The minimum atomic E-state index is -2.95. The van der Waals surface area contributed by atoms with Crippen LogP contribution in [0.2, 0.25) is 0 Å². The van der Waals surface area contributed by atoms with Crippen LogP contribution in [0.3, 0.4) is 0 Å². The van der Waals surface area contributed by atoms with E-state index in [2.05, 4.69) is 15.2 Å². The molecule has 1 N–H and O–H groups in total. The second-order valence-electron chi connectivity index (χ2n) is 4.42. The first-order valence-corrected chi connectivity index (χ1v) is 6.39. The molecule has 0 unspecified atom stereocenters. The zero-order valence-electron chi connectivity index (χ0n) is 11.6. The summed E-state index contributed by atoms with van der Waals surface area (Å²) < 4.78 is 30.8. The Hall–Kier alpha value is -2.44. The fourth-order valence-corrected chi connectivity index (χ4v) is 1.77. The van der Waals surface area contributed by atoms with Crippen LogP contribution in [0.4, 0.5) is 14.5 Å². The van der Waals surface area contributed by atoms with E-state index in [1.54, 1.807) is 23.9 Å². The largest absolute Gasteiger partial charge is 0.433 e. The second-order valence-corrected chi connectivity index (χ2v) is 4.42. The number of amides is 1. The lowest BCUT2D eigenvalue weighted by Crippen LogP contribution is -2.13. The highest BCUT2D eigenvalue weighted by atomic mass is 19.3. The Kier molecular flexibility index (Phi) is 4.52. The number of rotatable bonds is 5. The van der Waals surface area contributed by atoms with E-state index in [9.17, 15) is 13.6 Å². The number of nitrogens with one attached hydrogen (secondary N) is 1. The van der Waals surface area contributed by atoms with Crippen molar-refractivity contribution in [3.63, 3.8) is 0 Å². The zero-order chi connectivity index (χ0) is 15.4. The number of aromatic nitrogens is 2. The van der Waals surface area contributed by atoms with Crippen molar-refractivity contribution in [3.05, 3.63) is 41.7 Å². The molecule has 0 aliphatic rings. The van der Waals surface area contributed by atoms with Gasteiger partial charge >= 0.3 is 6.61 Å². The van der Waals surface area contributed by atoms with Gasteiger partial charge in [0, 0.05) is 12.7 Å². The number of carbonyl (C=O) groups excluding carboxylic acids is 1. The van der Waals surface area contributed by atoms with Crippen molar-refractivity contribution in [1.82, 2.24) is 9.78 Å². The average Bonchev–Trinajstić information content (AvgIpc) is 2.90. The van der Waals surface area contributed by atoms with Crippen LogP contribution in [0.1, 0.15) is 22.8 Å². The number of benzene rings is 1. The highest BCUT2D eigenvalue weighted by Crippen LogP contribution is 2.27. The van der Waals surface area contributed by atoms with E-state index in [1.807, 2.05) is 6.92 Å². The summed E-state index contributed by atoms with van der Waals surface area (Å²) >= 11 is 0. The molecule has 7 heteroatoms. The van der Waals surface area contributed by atoms with Gasteiger partial charge in [0.05, 0.1) is 17.4 Å². The van der Waals surface area contributed by atoms with Crippen LogP contribution in [0, 0.1) is 6.92 Å². The normalized spacial score (nSPS) is 10.7. The minimum absolute atomic E-state index is 0.0683. The van der Waals surface area contributed by atoms with Crippen molar-refractivity contribution < 1.29 is 18.3 Å². The Morgan fingerprint density at radius 2 is 2.24 bits per heavy atom. The smallest absolute Gasteiger partial charge is 0.387 e. The van der Waals surface area contributed by atoms with E-state index in [-0.39, 0.29) is 11.4 Å². The zero-order valence-corrected chi connectivity index (χ0v) is 11.6. The standard InChI is InChI=1S/C14H15F2N3O2/c1-3-19-8-10(7-17-19)13(20)18-11-5-4-9(2)6-12(11)21-14(15)16/h4-8,14H,3H2,1-2H3,(H,18,20). The number of anilines is 1. The van der Waals surface area contributed by atoms with E-state index >= 15 is 0 Å². The third-order valence-electron chi connectivity index (χ3n) is 2.82. The molecule has 0 atom stereocenters. The maximum atomic E-state index is 12.4. The molecule has 2 rings (SSSR count). The summed E-state index contributed by atoms with van der Waals surface area (Å²) in [4.78, 5) is 12.1. The molecule has 21 heavy (non-hydrogen) atoms. The highest BCUT2D eigenvalue weighted by Gasteiger charge is 2.14. The summed E-state index contributed by atoms with van der Waals surface area (Å²) in [6.45, 7) is 1.32. The first-order valence-electron chi connectivity index (χ1n) is 6.39.